The summed E-state index contributed by atoms with van der Waals surface area (Å²) in [5.74, 6) is 0. The summed E-state index contributed by atoms with van der Waals surface area (Å²) < 4.78 is 52.1. The molecular formula is C18H32FO6PS. The second-order valence-corrected chi connectivity index (χ2v) is 10.8. The maximum Gasteiger partial charge on any atom is 0.380 e. The number of rotatable bonds is 12. The first-order valence-electron chi connectivity index (χ1n) is 8.87. The van der Waals surface area contributed by atoms with Crippen LogP contribution in [0.5, 0.6) is 0 Å². The van der Waals surface area contributed by atoms with Crippen LogP contribution in [-0.4, -0.2) is 27.5 Å². The minimum Gasteiger partial charge on any atom is -0.321 e. The van der Waals surface area contributed by atoms with Crippen molar-refractivity contribution in [2.75, 3.05) is 0 Å². The summed E-state index contributed by atoms with van der Waals surface area (Å²) in [7, 11) is -11.2. The van der Waals surface area contributed by atoms with Gasteiger partial charge >= 0.3 is 22.5 Å². The third-order valence-electron chi connectivity index (χ3n) is 4.14. The number of unbranched alkanes of at least 4 members (excludes halogenated alkanes) is 1. The topological polar surface area (TPSA) is 112 Å². The van der Waals surface area contributed by atoms with Crippen molar-refractivity contribution < 1.29 is 31.7 Å². The van der Waals surface area contributed by atoms with Crippen LogP contribution >= 0.6 is 7.60 Å². The Labute approximate surface area is 162 Å². The predicted octanol–water partition coefficient (Wildman–Crippen LogP) is 5.26. The third-order valence-corrected chi connectivity index (χ3v) is 7.63. The molecular weight excluding hydrogens is 394 g/mol. The van der Waals surface area contributed by atoms with E-state index < -0.39 is 28.9 Å². The molecule has 1 atom stereocenters. The van der Waals surface area contributed by atoms with Gasteiger partial charge in [-0.1, -0.05) is 34.9 Å². The van der Waals surface area contributed by atoms with Crippen LogP contribution in [-0.2, 0) is 14.7 Å². The van der Waals surface area contributed by atoms with Crippen LogP contribution in [0.3, 0.4) is 0 Å². The average molecular weight is 426 g/mol. The van der Waals surface area contributed by atoms with Gasteiger partial charge < -0.3 is 9.79 Å². The standard InChI is InChI=1S/C18H32FO6PS/c1-15(2)9-7-11-17(4)13-8-12-16(3)10-5-6-14-18(19,26(20,21)22)27(23,24)25/h9-10,13H,5-8,11-12,14H2,1-4H3,(H2,20,21,22)(H,23,24,25)/b16-10+,17-13+. The summed E-state index contributed by atoms with van der Waals surface area (Å²) in [5.41, 5.74) is 3.62. The lowest BCUT2D eigenvalue weighted by Gasteiger charge is -2.22. The Balaban J connectivity index is 4.48. The molecule has 0 aliphatic heterocycles. The van der Waals surface area contributed by atoms with E-state index in [4.69, 9.17) is 14.3 Å². The molecule has 0 saturated carbocycles. The average Bonchev–Trinajstić information content (AvgIpc) is 2.48. The number of alkyl halides is 1. The normalized spacial score (nSPS) is 16.1. The molecule has 0 bridgehead atoms. The third kappa shape index (κ3) is 9.81. The first kappa shape index (κ1) is 26.2. The van der Waals surface area contributed by atoms with Crippen LogP contribution in [0.2, 0.25) is 0 Å². The van der Waals surface area contributed by atoms with Gasteiger partial charge in [0, 0.05) is 6.42 Å². The van der Waals surface area contributed by atoms with Gasteiger partial charge in [-0.3, -0.25) is 9.12 Å². The van der Waals surface area contributed by atoms with Crippen LogP contribution in [0.4, 0.5) is 4.39 Å². The van der Waals surface area contributed by atoms with Crippen molar-refractivity contribution in [2.24, 2.45) is 0 Å². The van der Waals surface area contributed by atoms with Gasteiger partial charge in [0.25, 0.3) is 0 Å². The molecule has 0 fully saturated rings. The smallest absolute Gasteiger partial charge is 0.321 e. The molecule has 0 radical (unpaired) electrons. The summed E-state index contributed by atoms with van der Waals surface area (Å²) in [6, 6.07) is 0. The molecule has 27 heavy (non-hydrogen) atoms. The van der Waals surface area contributed by atoms with Crippen LogP contribution < -0.4 is 0 Å². The van der Waals surface area contributed by atoms with Crippen LogP contribution in [0.1, 0.15) is 72.6 Å². The monoisotopic (exact) mass is 426 g/mol. The largest absolute Gasteiger partial charge is 0.380 e. The fraction of sp³-hybridized carbons (Fsp3) is 0.667. The molecule has 0 aliphatic carbocycles. The highest BCUT2D eigenvalue weighted by Crippen LogP contribution is 2.57. The number of halogens is 1. The minimum absolute atomic E-state index is 0.115. The van der Waals surface area contributed by atoms with Crippen molar-refractivity contribution in [3.05, 3.63) is 34.9 Å². The molecule has 0 aliphatic rings. The van der Waals surface area contributed by atoms with Crippen LogP contribution in [0.25, 0.3) is 0 Å². The Morgan fingerprint density at radius 1 is 0.963 bits per heavy atom. The highest BCUT2D eigenvalue weighted by molar-refractivity contribution is 7.94. The van der Waals surface area contributed by atoms with Crippen molar-refractivity contribution in [3.8, 4) is 0 Å². The lowest BCUT2D eigenvalue weighted by molar-refractivity contribution is 0.241. The molecule has 0 aromatic rings. The SMILES string of the molecule is CC(C)=CCC/C(C)=C/CC/C(C)=C/CCCC(F)(P(=O)(O)O)S(=O)(=O)O. The number of hydrogen-bond acceptors (Lipinski definition) is 3. The van der Waals surface area contributed by atoms with Crippen molar-refractivity contribution >= 4 is 17.7 Å². The predicted molar refractivity (Wildman–Crippen MR) is 107 cm³/mol. The van der Waals surface area contributed by atoms with Gasteiger partial charge in [-0.25, -0.2) is 4.39 Å². The Hall–Kier alpha value is -0.790. The van der Waals surface area contributed by atoms with E-state index in [2.05, 4.69) is 32.9 Å². The summed E-state index contributed by atoms with van der Waals surface area (Å²) in [6.45, 7) is 8.10. The van der Waals surface area contributed by atoms with E-state index in [0.29, 0.717) is 0 Å². The van der Waals surface area contributed by atoms with Crippen molar-refractivity contribution in [3.63, 3.8) is 0 Å². The van der Waals surface area contributed by atoms with Gasteiger partial charge in [-0.15, -0.1) is 0 Å². The molecule has 6 nitrogen and oxygen atoms in total. The molecule has 1 unspecified atom stereocenters. The lowest BCUT2D eigenvalue weighted by Crippen LogP contribution is -2.33. The Bertz CT molecular complexity index is 716. The number of hydrogen-bond donors (Lipinski definition) is 3. The molecule has 0 aromatic carbocycles. The summed E-state index contributed by atoms with van der Waals surface area (Å²) >= 11 is 0. The van der Waals surface area contributed by atoms with Gasteiger partial charge in [0.1, 0.15) is 0 Å². The second kappa shape index (κ2) is 11.3. The summed E-state index contributed by atoms with van der Waals surface area (Å²) in [4.78, 5) is 17.8. The van der Waals surface area contributed by atoms with Crippen LogP contribution in [0.15, 0.2) is 34.9 Å². The summed E-state index contributed by atoms with van der Waals surface area (Å²) in [6.07, 6.45) is 8.97. The Morgan fingerprint density at radius 2 is 1.41 bits per heavy atom. The molecule has 0 amide bonds. The first-order valence-corrected chi connectivity index (χ1v) is 11.9. The van der Waals surface area contributed by atoms with Crippen molar-refractivity contribution in [2.45, 2.75) is 77.4 Å². The van der Waals surface area contributed by atoms with Gasteiger partial charge in [0.15, 0.2) is 0 Å². The van der Waals surface area contributed by atoms with Gasteiger partial charge in [0.2, 0.25) is 0 Å². The van der Waals surface area contributed by atoms with E-state index in [0.717, 1.165) is 31.3 Å². The molecule has 0 saturated heterocycles. The van der Waals surface area contributed by atoms with E-state index in [-0.39, 0.29) is 12.8 Å². The van der Waals surface area contributed by atoms with Gasteiger partial charge in [0.05, 0.1) is 0 Å². The van der Waals surface area contributed by atoms with Gasteiger partial charge in [-0.05, 0) is 66.2 Å². The van der Waals surface area contributed by atoms with E-state index in [9.17, 15) is 17.4 Å². The van der Waals surface area contributed by atoms with Gasteiger partial charge in [-0.2, -0.15) is 8.42 Å². The molecule has 0 aromatic heterocycles. The van der Waals surface area contributed by atoms with E-state index >= 15 is 0 Å². The fourth-order valence-electron chi connectivity index (χ4n) is 2.43. The molecule has 158 valence electrons. The van der Waals surface area contributed by atoms with E-state index in [1.165, 1.54) is 11.1 Å². The quantitative estimate of drug-likeness (QED) is 0.170. The molecule has 9 heteroatoms. The lowest BCUT2D eigenvalue weighted by atomic mass is 10.1. The highest BCUT2D eigenvalue weighted by atomic mass is 32.2. The molecule has 0 spiro atoms. The summed E-state index contributed by atoms with van der Waals surface area (Å²) in [5, 5.41) is 0. The zero-order chi connectivity index (χ0) is 21.3. The molecule has 0 rings (SSSR count). The zero-order valence-electron chi connectivity index (χ0n) is 16.5. The maximum atomic E-state index is 14.1. The Kier molecular flexibility index (Phi) is 10.9. The second-order valence-electron chi connectivity index (χ2n) is 7.06. The van der Waals surface area contributed by atoms with E-state index in [1.54, 1.807) is 6.08 Å². The first-order chi connectivity index (χ1) is 12.2. The van der Waals surface area contributed by atoms with Crippen molar-refractivity contribution in [1.82, 2.24) is 0 Å². The van der Waals surface area contributed by atoms with E-state index in [1.807, 2.05) is 6.92 Å². The van der Waals surface area contributed by atoms with Crippen LogP contribution in [0, 0.1) is 0 Å². The number of allylic oxidation sites excluding steroid dienone is 6. The minimum atomic E-state index is -5.65. The fourth-order valence-corrected chi connectivity index (χ4v) is 4.49. The molecule has 0 heterocycles. The zero-order valence-corrected chi connectivity index (χ0v) is 18.2. The molecule has 3 N–H and O–H groups in total. The maximum absolute atomic E-state index is 14.1. The Morgan fingerprint density at radius 3 is 1.81 bits per heavy atom. The highest BCUT2D eigenvalue weighted by Gasteiger charge is 2.58. The van der Waals surface area contributed by atoms with Crippen molar-refractivity contribution in [1.29, 1.82) is 0 Å².